The van der Waals surface area contributed by atoms with Crippen molar-refractivity contribution >= 4 is 11.6 Å². The molecule has 1 N–H and O–H groups in total. The molecule has 0 aromatic heterocycles. The topological polar surface area (TPSA) is 15.3 Å². The molecule has 1 aromatic carbocycles. The minimum Gasteiger partial charge on any atom is -0.314 e. The fraction of sp³-hybridized carbons (Fsp3) is 0.529. The van der Waals surface area contributed by atoms with Crippen molar-refractivity contribution in [2.75, 3.05) is 32.1 Å². The van der Waals surface area contributed by atoms with Gasteiger partial charge in [-0.25, -0.2) is 0 Å². The molecule has 1 atom stereocenters. The van der Waals surface area contributed by atoms with Gasteiger partial charge in [0, 0.05) is 25.7 Å². The SMILES string of the molecule is Cc1ccc(CC2CNCCN2CC#CCCl)cc1C. The third-order valence-corrected chi connectivity index (χ3v) is 4.12. The maximum atomic E-state index is 5.61. The average molecular weight is 291 g/mol. The fourth-order valence-electron chi connectivity index (χ4n) is 2.62. The van der Waals surface area contributed by atoms with Gasteiger partial charge in [-0.2, -0.15) is 0 Å². The van der Waals surface area contributed by atoms with Crippen LogP contribution >= 0.6 is 11.6 Å². The summed E-state index contributed by atoms with van der Waals surface area (Å²) in [5, 5.41) is 3.49. The number of benzene rings is 1. The summed E-state index contributed by atoms with van der Waals surface area (Å²) >= 11 is 5.61. The molecule has 1 aromatic rings. The second-order valence-corrected chi connectivity index (χ2v) is 5.71. The highest BCUT2D eigenvalue weighted by atomic mass is 35.5. The highest BCUT2D eigenvalue weighted by Gasteiger charge is 2.21. The van der Waals surface area contributed by atoms with Crippen LogP contribution in [0.15, 0.2) is 18.2 Å². The molecule has 0 aliphatic carbocycles. The van der Waals surface area contributed by atoms with Crippen LogP contribution in [0.1, 0.15) is 16.7 Å². The molecular formula is C17H23ClN2. The van der Waals surface area contributed by atoms with E-state index in [2.05, 4.69) is 54.1 Å². The van der Waals surface area contributed by atoms with Crippen LogP contribution in [0.5, 0.6) is 0 Å². The van der Waals surface area contributed by atoms with Crippen molar-refractivity contribution < 1.29 is 0 Å². The zero-order chi connectivity index (χ0) is 14.4. The predicted molar refractivity (Wildman–Crippen MR) is 86.3 cm³/mol. The Bertz CT molecular complexity index is 501. The lowest BCUT2D eigenvalue weighted by Crippen LogP contribution is -2.52. The first-order chi connectivity index (χ1) is 9.70. The van der Waals surface area contributed by atoms with Crippen molar-refractivity contribution in [2.24, 2.45) is 0 Å². The predicted octanol–water partition coefficient (Wildman–Crippen LogP) is 2.36. The first-order valence-electron chi connectivity index (χ1n) is 7.23. The Labute approximate surface area is 127 Å². The van der Waals surface area contributed by atoms with E-state index in [1.165, 1.54) is 16.7 Å². The Morgan fingerprint density at radius 3 is 2.90 bits per heavy atom. The lowest BCUT2D eigenvalue weighted by Gasteiger charge is -2.35. The summed E-state index contributed by atoms with van der Waals surface area (Å²) in [7, 11) is 0. The number of nitrogens with zero attached hydrogens (tertiary/aromatic N) is 1. The molecule has 1 aliphatic rings. The van der Waals surface area contributed by atoms with Crippen LogP contribution in [0.3, 0.4) is 0 Å². The highest BCUT2D eigenvalue weighted by Crippen LogP contribution is 2.14. The molecule has 0 spiro atoms. The van der Waals surface area contributed by atoms with Crippen LogP contribution in [0.4, 0.5) is 0 Å². The fourth-order valence-corrected chi connectivity index (χ4v) is 2.71. The molecule has 3 heteroatoms. The number of hydrogen-bond donors (Lipinski definition) is 1. The van der Waals surface area contributed by atoms with Gasteiger partial charge >= 0.3 is 0 Å². The van der Waals surface area contributed by atoms with Crippen LogP contribution in [-0.4, -0.2) is 43.0 Å². The van der Waals surface area contributed by atoms with Crippen LogP contribution in [0.25, 0.3) is 0 Å². The van der Waals surface area contributed by atoms with Crippen molar-refractivity contribution in [1.82, 2.24) is 10.2 Å². The molecule has 20 heavy (non-hydrogen) atoms. The number of piperazine rings is 1. The lowest BCUT2D eigenvalue weighted by atomic mass is 9.99. The minimum atomic E-state index is 0.425. The lowest BCUT2D eigenvalue weighted by molar-refractivity contribution is 0.181. The van der Waals surface area contributed by atoms with Gasteiger partial charge in [0.15, 0.2) is 0 Å². The van der Waals surface area contributed by atoms with E-state index in [0.29, 0.717) is 11.9 Å². The maximum absolute atomic E-state index is 5.61. The molecule has 0 bridgehead atoms. The Morgan fingerprint density at radius 2 is 2.15 bits per heavy atom. The summed E-state index contributed by atoms with van der Waals surface area (Å²) in [6, 6.07) is 7.31. The normalized spacial score (nSPS) is 19.4. The third-order valence-electron chi connectivity index (χ3n) is 3.99. The van der Waals surface area contributed by atoms with Gasteiger partial charge in [-0.1, -0.05) is 30.0 Å². The van der Waals surface area contributed by atoms with Crippen molar-refractivity contribution in [3.8, 4) is 11.8 Å². The van der Waals surface area contributed by atoms with E-state index in [1.807, 2.05) is 0 Å². The zero-order valence-corrected chi connectivity index (χ0v) is 13.1. The van der Waals surface area contributed by atoms with Crippen molar-refractivity contribution in [3.05, 3.63) is 34.9 Å². The molecule has 2 nitrogen and oxygen atoms in total. The summed E-state index contributed by atoms with van der Waals surface area (Å²) in [6.07, 6.45) is 1.08. The number of hydrogen-bond acceptors (Lipinski definition) is 2. The average Bonchev–Trinajstić information content (AvgIpc) is 2.45. The van der Waals surface area contributed by atoms with Gasteiger partial charge in [-0.3, -0.25) is 4.90 Å². The molecule has 108 valence electrons. The van der Waals surface area contributed by atoms with Gasteiger partial charge in [0.1, 0.15) is 0 Å². The van der Waals surface area contributed by atoms with E-state index >= 15 is 0 Å². The number of nitrogens with one attached hydrogen (secondary N) is 1. The molecule has 0 radical (unpaired) electrons. The first-order valence-corrected chi connectivity index (χ1v) is 7.76. The number of halogens is 1. The maximum Gasteiger partial charge on any atom is 0.0835 e. The van der Waals surface area contributed by atoms with Gasteiger partial charge < -0.3 is 5.32 Å². The first kappa shape index (κ1) is 15.4. The van der Waals surface area contributed by atoms with Gasteiger partial charge in [0.25, 0.3) is 0 Å². The van der Waals surface area contributed by atoms with Crippen LogP contribution in [0, 0.1) is 25.7 Å². The van der Waals surface area contributed by atoms with Crippen LogP contribution < -0.4 is 5.32 Å². The summed E-state index contributed by atoms with van der Waals surface area (Å²) in [6.45, 7) is 8.31. The number of aryl methyl sites for hydroxylation is 2. The second kappa shape index (κ2) is 7.69. The summed E-state index contributed by atoms with van der Waals surface area (Å²) < 4.78 is 0. The van der Waals surface area contributed by atoms with Crippen molar-refractivity contribution in [3.63, 3.8) is 0 Å². The number of alkyl halides is 1. The molecule has 0 amide bonds. The van der Waals surface area contributed by atoms with E-state index in [9.17, 15) is 0 Å². The van der Waals surface area contributed by atoms with E-state index < -0.39 is 0 Å². The number of rotatable bonds is 3. The molecule has 0 saturated carbocycles. The van der Waals surface area contributed by atoms with Crippen molar-refractivity contribution in [2.45, 2.75) is 26.3 Å². The Balaban J connectivity index is 2.02. The van der Waals surface area contributed by atoms with Crippen molar-refractivity contribution in [1.29, 1.82) is 0 Å². The van der Waals surface area contributed by atoms with E-state index in [0.717, 1.165) is 32.6 Å². The summed E-state index contributed by atoms with van der Waals surface area (Å²) in [4.78, 5) is 2.46. The quantitative estimate of drug-likeness (QED) is 0.679. The largest absolute Gasteiger partial charge is 0.314 e. The molecule has 1 unspecified atom stereocenters. The van der Waals surface area contributed by atoms with Crippen LogP contribution in [-0.2, 0) is 6.42 Å². The summed E-state index contributed by atoms with van der Waals surface area (Å²) in [5.41, 5.74) is 4.15. The summed E-state index contributed by atoms with van der Waals surface area (Å²) in [5.74, 6) is 6.53. The monoisotopic (exact) mass is 290 g/mol. The molecule has 1 heterocycles. The van der Waals surface area contributed by atoms with Crippen LogP contribution in [0.2, 0.25) is 0 Å². The highest BCUT2D eigenvalue weighted by molar-refractivity contribution is 6.19. The van der Waals surface area contributed by atoms with E-state index in [1.54, 1.807) is 0 Å². The Kier molecular flexibility index (Phi) is 5.91. The second-order valence-electron chi connectivity index (χ2n) is 5.44. The van der Waals surface area contributed by atoms with Gasteiger partial charge in [-0.15, -0.1) is 11.6 Å². The van der Waals surface area contributed by atoms with Gasteiger partial charge in [0.05, 0.1) is 12.4 Å². The zero-order valence-electron chi connectivity index (χ0n) is 12.4. The molecular weight excluding hydrogens is 268 g/mol. The van der Waals surface area contributed by atoms with Gasteiger partial charge in [0.2, 0.25) is 0 Å². The van der Waals surface area contributed by atoms with E-state index in [4.69, 9.17) is 11.6 Å². The minimum absolute atomic E-state index is 0.425. The van der Waals surface area contributed by atoms with E-state index in [-0.39, 0.29) is 0 Å². The third kappa shape index (κ3) is 4.24. The molecule has 1 aliphatic heterocycles. The Morgan fingerprint density at radius 1 is 1.30 bits per heavy atom. The van der Waals surface area contributed by atoms with Gasteiger partial charge in [-0.05, 0) is 37.0 Å². The molecule has 1 saturated heterocycles. The molecule has 2 rings (SSSR count). The standard InChI is InChI=1S/C17H23ClN2/c1-14-5-6-16(11-15(14)2)12-17-13-19-8-10-20(17)9-4-3-7-18/h5-6,11,17,19H,7-10,12-13H2,1-2H3. The molecule has 1 fully saturated rings. The smallest absolute Gasteiger partial charge is 0.0835 e. The Hall–Kier alpha value is -1.01.